The van der Waals surface area contributed by atoms with Crippen molar-refractivity contribution >= 4 is 21.5 Å². The topological polar surface area (TPSA) is 38.7 Å². The molecule has 0 amide bonds. The molecule has 0 saturated heterocycles. The van der Waals surface area contributed by atoms with E-state index in [1.165, 1.54) is 27.5 Å². The fourth-order valence-corrected chi connectivity index (χ4v) is 6.01. The maximum atomic E-state index is 5.08. The van der Waals surface area contributed by atoms with Crippen molar-refractivity contribution in [1.29, 1.82) is 0 Å². The van der Waals surface area contributed by atoms with E-state index in [2.05, 4.69) is 133 Å². The van der Waals surface area contributed by atoms with Gasteiger partial charge < -0.3 is 0 Å². The number of hydrogen-bond acceptors (Lipinski definition) is 3. The van der Waals surface area contributed by atoms with Crippen LogP contribution in [-0.4, -0.2) is 15.0 Å². The zero-order chi connectivity index (χ0) is 29.3. The maximum absolute atomic E-state index is 5.08. The maximum Gasteiger partial charge on any atom is 0.164 e. The Hall–Kier alpha value is -5.93. The van der Waals surface area contributed by atoms with Crippen LogP contribution in [0.3, 0.4) is 0 Å². The zero-order valence-corrected chi connectivity index (χ0v) is 23.9. The third-order valence-corrected chi connectivity index (χ3v) is 8.14. The average Bonchev–Trinajstić information content (AvgIpc) is 3.11. The van der Waals surface area contributed by atoms with Crippen molar-refractivity contribution < 1.29 is 0 Å². The summed E-state index contributed by atoms with van der Waals surface area (Å²) in [7, 11) is 0. The Balaban J connectivity index is 1.30. The molecule has 206 valence electrons. The first-order chi connectivity index (χ1) is 21.8. The minimum Gasteiger partial charge on any atom is -0.208 e. The van der Waals surface area contributed by atoms with Crippen molar-refractivity contribution in [3.63, 3.8) is 0 Å². The van der Waals surface area contributed by atoms with Crippen LogP contribution in [0.25, 0.3) is 78.0 Å². The van der Waals surface area contributed by atoms with Crippen molar-refractivity contribution in [2.75, 3.05) is 0 Å². The fourth-order valence-electron chi connectivity index (χ4n) is 6.01. The van der Waals surface area contributed by atoms with Gasteiger partial charge in [-0.3, -0.25) is 0 Å². The highest BCUT2D eigenvalue weighted by molar-refractivity contribution is 6.05. The third kappa shape index (κ3) is 4.71. The van der Waals surface area contributed by atoms with Gasteiger partial charge in [0, 0.05) is 16.7 Å². The second-order valence-electron chi connectivity index (χ2n) is 10.9. The molecule has 0 fully saturated rings. The van der Waals surface area contributed by atoms with E-state index in [4.69, 9.17) is 15.0 Å². The molecule has 0 spiro atoms. The molecule has 3 heteroatoms. The first-order valence-corrected chi connectivity index (χ1v) is 14.8. The molecule has 0 bridgehead atoms. The molecule has 8 rings (SSSR count). The highest BCUT2D eigenvalue weighted by atomic mass is 15.0. The van der Waals surface area contributed by atoms with Gasteiger partial charge >= 0.3 is 0 Å². The van der Waals surface area contributed by atoms with Gasteiger partial charge in [0.05, 0.1) is 0 Å². The number of aromatic nitrogens is 3. The molecule has 0 atom stereocenters. The molecule has 0 N–H and O–H groups in total. The van der Waals surface area contributed by atoms with E-state index < -0.39 is 0 Å². The standard InChI is InChI=1S/C41H27N3/c1-3-13-28(14-4-1)34-25-26-35(37-23-10-9-22-36(34)37)31-19-11-20-32(27-31)40-42-39(30-16-5-2-6-17-30)43-41(44-40)38-24-12-18-29-15-7-8-21-33(29)38/h1-27H. The molecule has 7 aromatic carbocycles. The highest BCUT2D eigenvalue weighted by Crippen LogP contribution is 2.37. The van der Waals surface area contributed by atoms with E-state index in [0.29, 0.717) is 17.5 Å². The number of fused-ring (bicyclic) bond motifs is 2. The normalized spacial score (nSPS) is 11.2. The summed E-state index contributed by atoms with van der Waals surface area (Å²) in [6.45, 7) is 0. The van der Waals surface area contributed by atoms with Crippen LogP contribution in [0.15, 0.2) is 164 Å². The Morgan fingerprint density at radius 1 is 0.273 bits per heavy atom. The Morgan fingerprint density at radius 2 is 0.750 bits per heavy atom. The van der Waals surface area contributed by atoms with E-state index in [1.807, 2.05) is 30.3 Å². The predicted molar refractivity (Wildman–Crippen MR) is 182 cm³/mol. The number of nitrogens with zero attached hydrogens (tertiary/aromatic N) is 3. The van der Waals surface area contributed by atoms with Crippen LogP contribution in [-0.2, 0) is 0 Å². The summed E-state index contributed by atoms with van der Waals surface area (Å²) >= 11 is 0. The lowest BCUT2D eigenvalue weighted by Crippen LogP contribution is -2.00. The molecule has 3 nitrogen and oxygen atoms in total. The molecule has 0 aliphatic rings. The van der Waals surface area contributed by atoms with Gasteiger partial charge in [0.2, 0.25) is 0 Å². The molecule has 0 unspecified atom stereocenters. The quantitative estimate of drug-likeness (QED) is 0.210. The van der Waals surface area contributed by atoms with Gasteiger partial charge in [0.1, 0.15) is 0 Å². The lowest BCUT2D eigenvalue weighted by atomic mass is 9.91. The lowest BCUT2D eigenvalue weighted by molar-refractivity contribution is 1.08. The van der Waals surface area contributed by atoms with Crippen molar-refractivity contribution in [2.45, 2.75) is 0 Å². The first-order valence-electron chi connectivity index (χ1n) is 14.8. The van der Waals surface area contributed by atoms with E-state index >= 15 is 0 Å². The predicted octanol–water partition coefficient (Wildman–Crippen LogP) is 10.5. The van der Waals surface area contributed by atoms with Gasteiger partial charge in [-0.1, -0.05) is 158 Å². The van der Waals surface area contributed by atoms with Crippen LogP contribution < -0.4 is 0 Å². The monoisotopic (exact) mass is 561 g/mol. The van der Waals surface area contributed by atoms with Gasteiger partial charge in [0.25, 0.3) is 0 Å². The minimum atomic E-state index is 0.647. The largest absolute Gasteiger partial charge is 0.208 e. The molecular formula is C41H27N3. The summed E-state index contributed by atoms with van der Waals surface area (Å²) in [5.74, 6) is 1.96. The highest BCUT2D eigenvalue weighted by Gasteiger charge is 2.15. The van der Waals surface area contributed by atoms with Crippen molar-refractivity contribution in [1.82, 2.24) is 15.0 Å². The molecule has 0 aliphatic heterocycles. The molecule has 1 aromatic heterocycles. The summed E-state index contributed by atoms with van der Waals surface area (Å²) < 4.78 is 0. The van der Waals surface area contributed by atoms with Crippen LogP contribution in [0, 0.1) is 0 Å². The molecular weight excluding hydrogens is 534 g/mol. The van der Waals surface area contributed by atoms with Gasteiger partial charge in [-0.2, -0.15) is 0 Å². The zero-order valence-electron chi connectivity index (χ0n) is 23.9. The fraction of sp³-hybridized carbons (Fsp3) is 0. The average molecular weight is 562 g/mol. The molecule has 0 aliphatic carbocycles. The van der Waals surface area contributed by atoms with Gasteiger partial charge in [-0.15, -0.1) is 0 Å². The second kappa shape index (κ2) is 11.0. The second-order valence-corrected chi connectivity index (χ2v) is 10.9. The van der Waals surface area contributed by atoms with Crippen LogP contribution in [0.2, 0.25) is 0 Å². The van der Waals surface area contributed by atoms with Gasteiger partial charge in [0.15, 0.2) is 17.5 Å². The van der Waals surface area contributed by atoms with E-state index in [9.17, 15) is 0 Å². The summed E-state index contributed by atoms with van der Waals surface area (Å²) in [6, 6.07) is 57.0. The van der Waals surface area contributed by atoms with E-state index in [-0.39, 0.29) is 0 Å². The first kappa shape index (κ1) is 25.8. The smallest absolute Gasteiger partial charge is 0.164 e. The minimum absolute atomic E-state index is 0.647. The molecule has 0 radical (unpaired) electrons. The van der Waals surface area contributed by atoms with Crippen LogP contribution >= 0.6 is 0 Å². The summed E-state index contributed by atoms with van der Waals surface area (Å²) in [5.41, 5.74) is 7.62. The van der Waals surface area contributed by atoms with Gasteiger partial charge in [-0.25, -0.2) is 15.0 Å². The van der Waals surface area contributed by atoms with Gasteiger partial charge in [-0.05, 0) is 49.9 Å². The van der Waals surface area contributed by atoms with Crippen LogP contribution in [0.1, 0.15) is 0 Å². The Labute approximate surface area is 256 Å². The van der Waals surface area contributed by atoms with Crippen LogP contribution in [0.4, 0.5) is 0 Å². The molecule has 0 saturated carbocycles. The van der Waals surface area contributed by atoms with E-state index in [0.717, 1.165) is 33.0 Å². The SMILES string of the molecule is c1ccc(-c2nc(-c3cccc(-c4ccc(-c5ccccc5)c5ccccc45)c3)nc(-c3cccc4ccccc34)n2)cc1. The van der Waals surface area contributed by atoms with Crippen LogP contribution in [0.5, 0.6) is 0 Å². The summed E-state index contributed by atoms with van der Waals surface area (Å²) in [5, 5.41) is 4.71. The molecule has 8 aromatic rings. The van der Waals surface area contributed by atoms with Crippen molar-refractivity contribution in [3.05, 3.63) is 164 Å². The Morgan fingerprint density at radius 3 is 1.48 bits per heavy atom. The molecule has 44 heavy (non-hydrogen) atoms. The Kier molecular flexibility index (Phi) is 6.47. The summed E-state index contributed by atoms with van der Waals surface area (Å²) in [6.07, 6.45) is 0. The van der Waals surface area contributed by atoms with E-state index in [1.54, 1.807) is 0 Å². The Bertz CT molecular complexity index is 2270. The van der Waals surface area contributed by atoms with Crippen molar-refractivity contribution in [3.8, 4) is 56.4 Å². The molecule has 1 heterocycles. The number of benzene rings is 7. The summed E-state index contributed by atoms with van der Waals surface area (Å²) in [4.78, 5) is 15.1. The van der Waals surface area contributed by atoms with Crippen molar-refractivity contribution in [2.24, 2.45) is 0 Å². The lowest BCUT2D eigenvalue weighted by Gasteiger charge is -2.13. The third-order valence-electron chi connectivity index (χ3n) is 8.14. The number of hydrogen-bond donors (Lipinski definition) is 0. The number of rotatable bonds is 5.